The van der Waals surface area contributed by atoms with E-state index in [2.05, 4.69) is 20.8 Å². The molecule has 1 aromatic heterocycles. The Labute approximate surface area is 180 Å². The highest BCUT2D eigenvalue weighted by molar-refractivity contribution is 7.18. The van der Waals surface area contributed by atoms with Crippen LogP contribution < -0.4 is 15.5 Å². The Morgan fingerprint density at radius 1 is 1.03 bits per heavy atom. The number of anilines is 2. The second-order valence-electron chi connectivity index (χ2n) is 7.01. The molecule has 2 N–H and O–H groups in total. The molecule has 0 aliphatic rings. The van der Waals surface area contributed by atoms with E-state index in [4.69, 9.17) is 0 Å². The molecule has 8 heteroatoms. The lowest BCUT2D eigenvalue weighted by Crippen LogP contribution is -2.45. The normalized spacial score (nSPS) is 11.6. The van der Waals surface area contributed by atoms with E-state index >= 15 is 0 Å². The van der Waals surface area contributed by atoms with Crippen molar-refractivity contribution in [3.05, 3.63) is 60.2 Å². The lowest BCUT2D eigenvalue weighted by atomic mass is 10.1. The summed E-state index contributed by atoms with van der Waals surface area (Å²) in [5.41, 5.74) is 2.99. The molecule has 2 aromatic carbocycles. The van der Waals surface area contributed by atoms with Gasteiger partial charge in [-0.15, -0.1) is 10.2 Å². The van der Waals surface area contributed by atoms with Crippen molar-refractivity contribution in [1.82, 2.24) is 15.5 Å². The first-order valence-electron chi connectivity index (χ1n) is 9.71. The maximum atomic E-state index is 12.8. The van der Waals surface area contributed by atoms with Crippen LogP contribution in [-0.2, 0) is 16.0 Å². The molecule has 0 radical (unpaired) electrons. The van der Waals surface area contributed by atoms with E-state index < -0.39 is 6.04 Å². The molecule has 0 saturated heterocycles. The Bertz CT molecular complexity index is 986. The van der Waals surface area contributed by atoms with Gasteiger partial charge in [-0.2, -0.15) is 0 Å². The summed E-state index contributed by atoms with van der Waals surface area (Å²) in [4.78, 5) is 26.8. The van der Waals surface area contributed by atoms with Crippen LogP contribution in [-0.4, -0.2) is 42.1 Å². The highest BCUT2D eigenvalue weighted by Crippen LogP contribution is 2.28. The number of nitrogens with zero attached hydrogens (tertiary/aromatic N) is 3. The molecule has 0 unspecified atom stereocenters. The third-order valence-corrected chi connectivity index (χ3v) is 5.43. The second kappa shape index (κ2) is 9.98. The first-order chi connectivity index (χ1) is 14.5. The zero-order valence-electron chi connectivity index (χ0n) is 17.3. The van der Waals surface area contributed by atoms with Gasteiger partial charge in [-0.1, -0.05) is 48.6 Å². The lowest BCUT2D eigenvalue weighted by Gasteiger charge is -2.17. The molecule has 156 valence electrons. The van der Waals surface area contributed by atoms with Crippen LogP contribution in [0.4, 0.5) is 10.8 Å². The molecule has 3 aromatic rings. The lowest BCUT2D eigenvalue weighted by molar-refractivity contribution is -0.126. The maximum absolute atomic E-state index is 12.8. The summed E-state index contributed by atoms with van der Waals surface area (Å²) in [7, 11) is 3.97. The van der Waals surface area contributed by atoms with Crippen molar-refractivity contribution in [2.24, 2.45) is 0 Å². The topological polar surface area (TPSA) is 87.2 Å². The second-order valence-corrected chi connectivity index (χ2v) is 7.98. The zero-order valence-corrected chi connectivity index (χ0v) is 18.1. The highest BCUT2D eigenvalue weighted by atomic mass is 32.1. The minimum Gasteiger partial charge on any atom is -0.378 e. The van der Waals surface area contributed by atoms with Crippen molar-refractivity contribution in [1.29, 1.82) is 0 Å². The monoisotopic (exact) mass is 423 g/mol. The third-order valence-electron chi connectivity index (χ3n) is 4.54. The van der Waals surface area contributed by atoms with E-state index in [1.165, 1.54) is 11.3 Å². The van der Waals surface area contributed by atoms with Gasteiger partial charge in [0.1, 0.15) is 11.0 Å². The van der Waals surface area contributed by atoms with Crippen LogP contribution in [0.2, 0.25) is 0 Å². The van der Waals surface area contributed by atoms with Crippen LogP contribution in [0.1, 0.15) is 18.9 Å². The quantitative estimate of drug-likeness (QED) is 0.580. The molecule has 0 aliphatic heterocycles. The van der Waals surface area contributed by atoms with Gasteiger partial charge >= 0.3 is 0 Å². The Hall–Kier alpha value is -3.26. The van der Waals surface area contributed by atoms with Gasteiger partial charge in [0.2, 0.25) is 16.9 Å². The molecule has 7 nitrogen and oxygen atoms in total. The summed E-state index contributed by atoms with van der Waals surface area (Å²) in [5, 5.41) is 15.0. The zero-order chi connectivity index (χ0) is 21.5. The standard InChI is InChI=1S/C22H25N5O2S/c1-4-19(28)23-18(14-15-8-6-5-7-9-15)20(29)24-22-26-25-21(30-22)16-10-12-17(13-11-16)27(2)3/h5-13,18H,4,14H2,1-3H3,(H,23,28)(H,24,26,29)/t18-/m0/s1. The van der Waals surface area contributed by atoms with Crippen molar-refractivity contribution in [2.45, 2.75) is 25.8 Å². The fourth-order valence-corrected chi connectivity index (χ4v) is 3.59. The fraction of sp³-hybridized carbons (Fsp3) is 0.273. The van der Waals surface area contributed by atoms with Crippen LogP contribution >= 0.6 is 11.3 Å². The Kier molecular flexibility index (Phi) is 7.13. The predicted octanol–water partition coefficient (Wildman–Crippen LogP) is 3.35. The Balaban J connectivity index is 1.71. The summed E-state index contributed by atoms with van der Waals surface area (Å²) in [6.45, 7) is 1.76. The first-order valence-corrected chi connectivity index (χ1v) is 10.5. The number of benzene rings is 2. The van der Waals surface area contributed by atoms with Gasteiger partial charge in [0, 0.05) is 38.2 Å². The largest absolute Gasteiger partial charge is 0.378 e. The summed E-state index contributed by atoms with van der Waals surface area (Å²) in [6.07, 6.45) is 0.709. The van der Waals surface area contributed by atoms with E-state index in [1.54, 1.807) is 6.92 Å². The van der Waals surface area contributed by atoms with E-state index in [9.17, 15) is 9.59 Å². The van der Waals surface area contributed by atoms with Crippen molar-refractivity contribution in [3.8, 4) is 10.6 Å². The average molecular weight is 424 g/mol. The summed E-state index contributed by atoms with van der Waals surface area (Å²) < 4.78 is 0. The molecule has 0 saturated carbocycles. The minimum absolute atomic E-state index is 0.176. The minimum atomic E-state index is -0.688. The summed E-state index contributed by atoms with van der Waals surface area (Å²) >= 11 is 1.30. The van der Waals surface area contributed by atoms with Crippen molar-refractivity contribution in [3.63, 3.8) is 0 Å². The number of carbonyl (C=O) groups excluding carboxylic acids is 2. The average Bonchev–Trinajstić information content (AvgIpc) is 3.22. The number of nitrogens with one attached hydrogen (secondary N) is 2. The van der Waals surface area contributed by atoms with Crippen molar-refractivity contribution in [2.75, 3.05) is 24.3 Å². The molecule has 0 spiro atoms. The van der Waals surface area contributed by atoms with Gasteiger partial charge < -0.3 is 10.2 Å². The van der Waals surface area contributed by atoms with Gasteiger partial charge in [0.15, 0.2) is 0 Å². The molecule has 2 amide bonds. The summed E-state index contributed by atoms with van der Waals surface area (Å²) in [6, 6.07) is 16.9. The fourth-order valence-electron chi connectivity index (χ4n) is 2.84. The highest BCUT2D eigenvalue weighted by Gasteiger charge is 2.22. The van der Waals surface area contributed by atoms with E-state index in [1.807, 2.05) is 73.6 Å². The summed E-state index contributed by atoms with van der Waals surface area (Å²) in [5.74, 6) is -0.490. The molecule has 1 atom stereocenters. The third kappa shape index (κ3) is 5.64. The molecule has 0 bridgehead atoms. The van der Waals surface area contributed by atoms with Crippen LogP contribution in [0.3, 0.4) is 0 Å². The number of amides is 2. The van der Waals surface area contributed by atoms with Crippen molar-refractivity contribution >= 4 is 34.0 Å². The maximum Gasteiger partial charge on any atom is 0.249 e. The first kappa shape index (κ1) is 21.4. The van der Waals surface area contributed by atoms with Crippen molar-refractivity contribution < 1.29 is 9.59 Å². The molecule has 1 heterocycles. The number of hydrogen-bond donors (Lipinski definition) is 2. The predicted molar refractivity (Wildman–Crippen MR) is 121 cm³/mol. The van der Waals surface area contributed by atoms with Crippen LogP contribution in [0, 0.1) is 0 Å². The Morgan fingerprint density at radius 3 is 2.37 bits per heavy atom. The van der Waals surface area contributed by atoms with Gasteiger partial charge in [0.05, 0.1) is 0 Å². The molecule has 0 aliphatic carbocycles. The smallest absolute Gasteiger partial charge is 0.249 e. The van der Waals surface area contributed by atoms with Gasteiger partial charge in [-0.05, 0) is 29.8 Å². The number of aromatic nitrogens is 2. The Morgan fingerprint density at radius 2 is 1.73 bits per heavy atom. The van der Waals surface area contributed by atoms with E-state index in [0.29, 0.717) is 23.0 Å². The molecule has 0 fully saturated rings. The van der Waals surface area contributed by atoms with Crippen LogP contribution in [0.15, 0.2) is 54.6 Å². The number of rotatable bonds is 8. The van der Waals surface area contributed by atoms with E-state index in [-0.39, 0.29) is 11.8 Å². The molecule has 3 rings (SSSR count). The van der Waals surface area contributed by atoms with Crippen LogP contribution in [0.25, 0.3) is 10.6 Å². The SMILES string of the molecule is CCC(=O)N[C@@H](Cc1ccccc1)C(=O)Nc1nnc(-c2ccc(N(C)C)cc2)s1. The number of hydrogen-bond acceptors (Lipinski definition) is 6. The van der Waals surface area contributed by atoms with Gasteiger partial charge in [-0.25, -0.2) is 0 Å². The van der Waals surface area contributed by atoms with Gasteiger partial charge in [0.25, 0.3) is 0 Å². The van der Waals surface area contributed by atoms with Crippen LogP contribution in [0.5, 0.6) is 0 Å². The molecular formula is C22H25N5O2S. The molecular weight excluding hydrogens is 398 g/mol. The van der Waals surface area contributed by atoms with Gasteiger partial charge in [-0.3, -0.25) is 14.9 Å². The van der Waals surface area contributed by atoms with E-state index in [0.717, 1.165) is 16.8 Å². The number of carbonyl (C=O) groups is 2. The molecule has 30 heavy (non-hydrogen) atoms.